The third-order valence-electron chi connectivity index (χ3n) is 3.82. The number of hydrogen-bond donors (Lipinski definition) is 1. The summed E-state index contributed by atoms with van der Waals surface area (Å²) in [4.78, 5) is 17.5. The molecule has 0 amide bonds. The van der Waals surface area contributed by atoms with E-state index < -0.39 is 22.7 Å². The first kappa shape index (κ1) is 19.1. The second kappa shape index (κ2) is 6.79. The van der Waals surface area contributed by atoms with Crippen molar-refractivity contribution in [2.45, 2.75) is 20.0 Å². The lowest BCUT2D eigenvalue weighted by Gasteiger charge is -2.08. The van der Waals surface area contributed by atoms with Crippen molar-refractivity contribution in [2.75, 3.05) is 0 Å². The zero-order valence-electron chi connectivity index (χ0n) is 13.4. The van der Waals surface area contributed by atoms with Gasteiger partial charge in [-0.05, 0) is 37.6 Å². The van der Waals surface area contributed by atoms with Crippen LogP contribution in [0.25, 0.3) is 21.8 Å². The van der Waals surface area contributed by atoms with Crippen molar-refractivity contribution < 1.29 is 22.4 Å². The average molecular weight is 417 g/mol. The number of carbonyl (C=O) groups excluding carboxylic acids is 1. The number of nitrogens with zero attached hydrogens (tertiary/aromatic N) is 1. The number of aromatic nitrogens is 1. The number of halogens is 4. The SMILES string of the molecule is Cc1sc(C(=O)S)c(-c2nc(-c3cc(F)cc(C(F)(F)F)c3)cs2)c1C. The third kappa shape index (κ3) is 3.56. The van der Waals surface area contributed by atoms with Crippen LogP contribution in [-0.2, 0) is 6.18 Å². The van der Waals surface area contributed by atoms with Crippen molar-refractivity contribution in [1.29, 1.82) is 0 Å². The van der Waals surface area contributed by atoms with Crippen LogP contribution in [0.1, 0.15) is 25.7 Å². The molecule has 2 nitrogen and oxygen atoms in total. The Bertz CT molecular complexity index is 1000. The lowest BCUT2D eigenvalue weighted by molar-refractivity contribution is -0.137. The molecular formula is C17H11F4NOS3. The first-order chi connectivity index (χ1) is 12.1. The van der Waals surface area contributed by atoms with E-state index in [2.05, 4.69) is 17.6 Å². The molecular weight excluding hydrogens is 406 g/mol. The van der Waals surface area contributed by atoms with Gasteiger partial charge in [0.1, 0.15) is 10.8 Å². The van der Waals surface area contributed by atoms with Gasteiger partial charge in [0.2, 0.25) is 5.12 Å². The number of thiophene rings is 1. The fraction of sp³-hybridized carbons (Fsp3) is 0.176. The number of aryl methyl sites for hydroxylation is 1. The van der Waals surface area contributed by atoms with Gasteiger partial charge >= 0.3 is 6.18 Å². The van der Waals surface area contributed by atoms with Gasteiger partial charge in [-0.3, -0.25) is 4.79 Å². The lowest BCUT2D eigenvalue weighted by atomic mass is 10.1. The number of carbonyl (C=O) groups is 1. The van der Waals surface area contributed by atoms with E-state index in [0.717, 1.165) is 22.6 Å². The second-order valence-corrected chi connectivity index (χ2v) is 8.05. The topological polar surface area (TPSA) is 30.0 Å². The van der Waals surface area contributed by atoms with Crippen LogP contribution < -0.4 is 0 Å². The van der Waals surface area contributed by atoms with Crippen LogP contribution in [0.5, 0.6) is 0 Å². The number of hydrogen-bond acceptors (Lipinski definition) is 4. The molecule has 26 heavy (non-hydrogen) atoms. The van der Waals surface area contributed by atoms with E-state index in [9.17, 15) is 22.4 Å². The standard InChI is InChI=1S/C17H11F4NOS3/c1-7-8(2)26-14(16(23)24)13(7)15-22-12(6-25-15)9-3-10(17(19,20)21)5-11(18)4-9/h3-6H,1-2H3,(H,23,24). The number of benzene rings is 1. The van der Waals surface area contributed by atoms with Crippen molar-refractivity contribution in [1.82, 2.24) is 4.98 Å². The molecule has 0 saturated heterocycles. The van der Waals surface area contributed by atoms with Gasteiger partial charge in [-0.1, -0.05) is 12.6 Å². The van der Waals surface area contributed by atoms with Crippen LogP contribution >= 0.6 is 35.3 Å². The summed E-state index contributed by atoms with van der Waals surface area (Å²) in [5.74, 6) is -0.988. The average Bonchev–Trinajstić information content (AvgIpc) is 3.12. The predicted molar refractivity (Wildman–Crippen MR) is 98.6 cm³/mol. The summed E-state index contributed by atoms with van der Waals surface area (Å²) in [6.07, 6.45) is -4.65. The minimum Gasteiger partial charge on any atom is -0.281 e. The van der Waals surface area contributed by atoms with E-state index in [1.807, 2.05) is 13.8 Å². The van der Waals surface area contributed by atoms with Gasteiger partial charge in [0.15, 0.2) is 0 Å². The normalized spacial score (nSPS) is 11.8. The Labute approximate surface area is 159 Å². The minimum absolute atomic E-state index is 0.0307. The van der Waals surface area contributed by atoms with Crippen molar-refractivity contribution in [3.05, 3.63) is 50.3 Å². The van der Waals surface area contributed by atoms with E-state index in [1.54, 1.807) is 5.38 Å². The molecule has 0 spiro atoms. The van der Waals surface area contributed by atoms with Gasteiger partial charge in [-0.25, -0.2) is 9.37 Å². The van der Waals surface area contributed by atoms with Crippen LogP contribution in [0.15, 0.2) is 23.6 Å². The summed E-state index contributed by atoms with van der Waals surface area (Å²) >= 11 is 6.35. The Morgan fingerprint density at radius 1 is 1.19 bits per heavy atom. The molecule has 0 aliphatic heterocycles. The van der Waals surface area contributed by atoms with Gasteiger partial charge in [0.05, 0.1) is 16.1 Å². The number of rotatable bonds is 3. The van der Waals surface area contributed by atoms with Crippen LogP contribution in [-0.4, -0.2) is 10.1 Å². The van der Waals surface area contributed by atoms with Crippen molar-refractivity contribution >= 4 is 40.4 Å². The predicted octanol–water partition coefficient (Wildman–Crippen LogP) is 6.38. The van der Waals surface area contributed by atoms with Gasteiger partial charge in [-0.15, -0.1) is 22.7 Å². The molecule has 0 radical (unpaired) electrons. The molecule has 0 unspecified atom stereocenters. The van der Waals surface area contributed by atoms with E-state index in [1.165, 1.54) is 22.7 Å². The molecule has 9 heteroatoms. The Balaban J connectivity index is 2.10. The van der Waals surface area contributed by atoms with Crippen LogP contribution in [0, 0.1) is 19.7 Å². The summed E-state index contributed by atoms with van der Waals surface area (Å²) < 4.78 is 52.3. The largest absolute Gasteiger partial charge is 0.416 e. The zero-order valence-corrected chi connectivity index (χ0v) is 16.0. The molecule has 2 heterocycles. The molecule has 0 atom stereocenters. The van der Waals surface area contributed by atoms with Crippen LogP contribution in [0.3, 0.4) is 0 Å². The maximum atomic E-state index is 13.6. The third-order valence-corrected chi connectivity index (χ3v) is 6.26. The summed E-state index contributed by atoms with van der Waals surface area (Å²) in [6.45, 7) is 3.70. The van der Waals surface area contributed by atoms with E-state index in [-0.39, 0.29) is 11.3 Å². The summed E-state index contributed by atoms with van der Waals surface area (Å²) in [5, 5.41) is 1.63. The van der Waals surface area contributed by atoms with E-state index >= 15 is 0 Å². The fourth-order valence-electron chi connectivity index (χ4n) is 2.46. The van der Waals surface area contributed by atoms with Crippen LogP contribution in [0.4, 0.5) is 17.6 Å². The molecule has 3 rings (SSSR count). The zero-order chi connectivity index (χ0) is 19.2. The molecule has 1 aromatic carbocycles. The van der Waals surface area contributed by atoms with Gasteiger partial charge in [0.25, 0.3) is 0 Å². The molecule has 3 aromatic rings. The maximum absolute atomic E-state index is 13.6. The van der Waals surface area contributed by atoms with Gasteiger partial charge in [-0.2, -0.15) is 13.2 Å². The molecule has 0 saturated carbocycles. The highest BCUT2D eigenvalue weighted by Gasteiger charge is 2.31. The van der Waals surface area contributed by atoms with Gasteiger partial charge < -0.3 is 0 Å². The molecule has 0 N–H and O–H groups in total. The summed E-state index contributed by atoms with van der Waals surface area (Å²) in [6, 6.07) is 2.31. The number of alkyl halides is 3. The van der Waals surface area contributed by atoms with Crippen molar-refractivity contribution in [3.63, 3.8) is 0 Å². The first-order valence-electron chi connectivity index (χ1n) is 7.25. The fourth-order valence-corrected chi connectivity index (χ4v) is 4.71. The summed E-state index contributed by atoms with van der Waals surface area (Å²) in [7, 11) is 0. The minimum atomic E-state index is -4.65. The highest BCUT2D eigenvalue weighted by molar-refractivity contribution is 7.97. The Morgan fingerprint density at radius 2 is 1.88 bits per heavy atom. The molecule has 0 fully saturated rings. The first-order valence-corrected chi connectivity index (χ1v) is 9.39. The molecule has 0 bridgehead atoms. The highest BCUT2D eigenvalue weighted by atomic mass is 32.1. The number of thiazole rings is 1. The highest BCUT2D eigenvalue weighted by Crippen LogP contribution is 2.40. The van der Waals surface area contributed by atoms with E-state index in [0.29, 0.717) is 21.5 Å². The van der Waals surface area contributed by atoms with Gasteiger partial charge in [0, 0.05) is 21.4 Å². The molecule has 0 aliphatic carbocycles. The Hall–Kier alpha value is -1.71. The van der Waals surface area contributed by atoms with Crippen molar-refractivity contribution in [2.24, 2.45) is 0 Å². The summed E-state index contributed by atoms with van der Waals surface area (Å²) in [5.41, 5.74) is 0.662. The quantitative estimate of drug-likeness (QED) is 0.396. The molecule has 0 aliphatic rings. The van der Waals surface area contributed by atoms with E-state index in [4.69, 9.17) is 0 Å². The lowest BCUT2D eigenvalue weighted by Crippen LogP contribution is -2.05. The Morgan fingerprint density at radius 3 is 2.50 bits per heavy atom. The second-order valence-electron chi connectivity index (χ2n) is 5.56. The molecule has 2 aromatic heterocycles. The van der Waals surface area contributed by atoms with Crippen molar-refractivity contribution in [3.8, 4) is 21.8 Å². The number of thiol groups is 1. The maximum Gasteiger partial charge on any atom is 0.416 e. The monoisotopic (exact) mass is 417 g/mol. The Kier molecular flexibility index (Phi) is 4.98. The smallest absolute Gasteiger partial charge is 0.281 e. The molecule has 136 valence electrons. The van der Waals surface area contributed by atoms with Crippen LogP contribution in [0.2, 0.25) is 0 Å².